The van der Waals surface area contributed by atoms with Crippen LogP contribution in [0.5, 0.6) is 0 Å². The predicted octanol–water partition coefficient (Wildman–Crippen LogP) is 1.33. The highest BCUT2D eigenvalue weighted by molar-refractivity contribution is 5.93. The molecule has 3 nitrogen and oxygen atoms in total. The van der Waals surface area contributed by atoms with Crippen LogP contribution in [0.1, 0.15) is 32.6 Å². The molecule has 0 radical (unpaired) electrons. The third-order valence-corrected chi connectivity index (χ3v) is 3.37. The molecule has 88 valence electrons. The molecule has 2 fully saturated rings. The van der Waals surface area contributed by atoms with Crippen LogP contribution in [0.4, 0.5) is 0 Å². The van der Waals surface area contributed by atoms with E-state index in [9.17, 15) is 4.79 Å². The van der Waals surface area contributed by atoms with Crippen LogP contribution in [-0.2, 0) is 9.53 Å². The second-order valence-corrected chi connectivity index (χ2v) is 4.69. The molecule has 1 aliphatic carbocycles. The second kappa shape index (κ2) is 5.36. The minimum Gasteiger partial charge on any atom is -0.381 e. The van der Waals surface area contributed by atoms with Gasteiger partial charge in [-0.3, -0.25) is 4.79 Å². The van der Waals surface area contributed by atoms with E-state index in [1.165, 1.54) is 19.3 Å². The summed E-state index contributed by atoms with van der Waals surface area (Å²) in [5.41, 5.74) is 0. The quantitative estimate of drug-likeness (QED) is 0.730. The van der Waals surface area contributed by atoms with E-state index in [1.54, 1.807) is 6.92 Å². The normalized spacial score (nSPS) is 26.4. The van der Waals surface area contributed by atoms with Crippen molar-refractivity contribution in [1.29, 1.82) is 0 Å². The largest absolute Gasteiger partial charge is 0.381 e. The number of amides is 1. The van der Waals surface area contributed by atoms with Crippen molar-refractivity contribution in [3.05, 3.63) is 0 Å². The Kier molecular flexibility index (Phi) is 3.84. The molecule has 1 saturated heterocycles. The van der Waals surface area contributed by atoms with Crippen molar-refractivity contribution in [3.8, 4) is 11.8 Å². The zero-order valence-electron chi connectivity index (χ0n) is 9.79. The number of hydrogen-bond donors (Lipinski definition) is 1. The predicted molar refractivity (Wildman–Crippen MR) is 61.6 cm³/mol. The lowest BCUT2D eigenvalue weighted by Gasteiger charge is -2.30. The molecule has 2 unspecified atom stereocenters. The molecule has 1 N–H and O–H groups in total. The number of ether oxygens (including phenoxy) is 1. The van der Waals surface area contributed by atoms with Gasteiger partial charge < -0.3 is 10.1 Å². The lowest BCUT2D eigenvalue weighted by molar-refractivity contribution is -0.117. The molecule has 2 atom stereocenters. The minimum absolute atomic E-state index is 0.134. The number of carbonyl (C=O) groups is 1. The van der Waals surface area contributed by atoms with Crippen LogP contribution in [0, 0.1) is 23.7 Å². The molecule has 1 saturated carbocycles. The smallest absolute Gasteiger partial charge is 0.296 e. The van der Waals surface area contributed by atoms with Gasteiger partial charge in [-0.05, 0) is 44.4 Å². The Labute approximate surface area is 96.9 Å². The molecular formula is C13H19NO2. The maximum Gasteiger partial charge on any atom is 0.296 e. The Balaban J connectivity index is 1.92. The van der Waals surface area contributed by atoms with E-state index in [1.807, 2.05) is 0 Å². The molecule has 0 spiro atoms. The Morgan fingerprint density at radius 1 is 1.38 bits per heavy atom. The van der Waals surface area contributed by atoms with Gasteiger partial charge in [0.2, 0.25) is 0 Å². The highest BCUT2D eigenvalue weighted by Crippen LogP contribution is 2.37. The van der Waals surface area contributed by atoms with Gasteiger partial charge in [0.25, 0.3) is 5.91 Å². The summed E-state index contributed by atoms with van der Waals surface area (Å²) in [5.74, 6) is 6.22. The van der Waals surface area contributed by atoms with Gasteiger partial charge in [0.15, 0.2) is 0 Å². The minimum atomic E-state index is -0.134. The summed E-state index contributed by atoms with van der Waals surface area (Å²) >= 11 is 0. The lowest BCUT2D eigenvalue weighted by atomic mass is 9.90. The fraction of sp³-hybridized carbons (Fsp3) is 0.769. The first-order chi connectivity index (χ1) is 7.81. The van der Waals surface area contributed by atoms with Crippen LogP contribution in [0.15, 0.2) is 0 Å². The molecule has 0 bridgehead atoms. The van der Waals surface area contributed by atoms with Gasteiger partial charge in [-0.1, -0.05) is 5.92 Å². The van der Waals surface area contributed by atoms with E-state index in [0.717, 1.165) is 19.6 Å². The summed E-state index contributed by atoms with van der Waals surface area (Å²) in [4.78, 5) is 11.5. The van der Waals surface area contributed by atoms with Gasteiger partial charge in [0.1, 0.15) is 0 Å². The Morgan fingerprint density at radius 3 is 2.75 bits per heavy atom. The summed E-state index contributed by atoms with van der Waals surface area (Å²) in [6.45, 7) is 3.35. The third kappa shape index (κ3) is 2.99. The van der Waals surface area contributed by atoms with Crippen molar-refractivity contribution < 1.29 is 9.53 Å². The molecule has 1 heterocycles. The first-order valence-corrected chi connectivity index (χ1v) is 6.12. The number of rotatable bonds is 3. The molecule has 3 heteroatoms. The van der Waals surface area contributed by atoms with E-state index in [0.29, 0.717) is 11.8 Å². The van der Waals surface area contributed by atoms with Gasteiger partial charge in [-0.15, -0.1) is 0 Å². The van der Waals surface area contributed by atoms with Crippen LogP contribution in [0.2, 0.25) is 0 Å². The Hall–Kier alpha value is -1.01. The summed E-state index contributed by atoms with van der Waals surface area (Å²) in [6, 6.07) is 0.286. The van der Waals surface area contributed by atoms with Crippen molar-refractivity contribution in [2.24, 2.45) is 11.8 Å². The van der Waals surface area contributed by atoms with Gasteiger partial charge in [-0.2, -0.15) is 0 Å². The standard InChI is InChI=1S/C13H19NO2/c1-2-4-12(15)14-13(10-6-7-10)11-5-3-8-16-9-11/h10-11,13H,3,5-9H2,1H3,(H,14,15). The van der Waals surface area contributed by atoms with Crippen LogP contribution >= 0.6 is 0 Å². The Morgan fingerprint density at radius 2 is 2.19 bits per heavy atom. The van der Waals surface area contributed by atoms with Gasteiger partial charge in [0.05, 0.1) is 6.61 Å². The number of carbonyl (C=O) groups excluding carboxylic acids is 1. The average molecular weight is 221 g/mol. The van der Waals surface area contributed by atoms with E-state index in [2.05, 4.69) is 17.2 Å². The molecule has 0 aromatic carbocycles. The fourth-order valence-corrected chi connectivity index (χ4v) is 2.43. The molecule has 16 heavy (non-hydrogen) atoms. The van der Waals surface area contributed by atoms with E-state index in [-0.39, 0.29) is 11.9 Å². The Bertz CT molecular complexity index is 306. The van der Waals surface area contributed by atoms with Crippen molar-refractivity contribution >= 4 is 5.91 Å². The van der Waals surface area contributed by atoms with Crippen LogP contribution in [-0.4, -0.2) is 25.2 Å². The van der Waals surface area contributed by atoms with Gasteiger partial charge in [0, 0.05) is 18.6 Å². The summed E-state index contributed by atoms with van der Waals surface area (Å²) in [7, 11) is 0. The molecular weight excluding hydrogens is 202 g/mol. The molecule has 1 aliphatic heterocycles. The van der Waals surface area contributed by atoms with Gasteiger partial charge in [-0.25, -0.2) is 0 Å². The van der Waals surface area contributed by atoms with Crippen molar-refractivity contribution in [1.82, 2.24) is 5.32 Å². The number of hydrogen-bond acceptors (Lipinski definition) is 2. The highest BCUT2D eigenvalue weighted by atomic mass is 16.5. The molecule has 0 aromatic heterocycles. The van der Waals surface area contributed by atoms with E-state index >= 15 is 0 Å². The zero-order chi connectivity index (χ0) is 11.4. The zero-order valence-corrected chi connectivity index (χ0v) is 9.79. The third-order valence-electron chi connectivity index (χ3n) is 3.37. The first-order valence-electron chi connectivity index (χ1n) is 6.12. The molecule has 0 aromatic rings. The highest BCUT2D eigenvalue weighted by Gasteiger charge is 2.37. The van der Waals surface area contributed by atoms with Gasteiger partial charge >= 0.3 is 0 Å². The molecule has 2 rings (SSSR count). The first kappa shape index (κ1) is 11.5. The molecule has 2 aliphatic rings. The second-order valence-electron chi connectivity index (χ2n) is 4.69. The summed E-state index contributed by atoms with van der Waals surface area (Å²) < 4.78 is 5.50. The number of nitrogens with one attached hydrogen (secondary N) is 1. The maximum absolute atomic E-state index is 11.5. The van der Waals surface area contributed by atoms with Crippen molar-refractivity contribution in [3.63, 3.8) is 0 Å². The monoisotopic (exact) mass is 221 g/mol. The van der Waals surface area contributed by atoms with E-state index in [4.69, 9.17) is 4.74 Å². The fourth-order valence-electron chi connectivity index (χ4n) is 2.43. The topological polar surface area (TPSA) is 38.3 Å². The van der Waals surface area contributed by atoms with Crippen LogP contribution in [0.25, 0.3) is 0 Å². The average Bonchev–Trinajstić information content (AvgIpc) is 3.11. The molecule has 1 amide bonds. The van der Waals surface area contributed by atoms with Crippen molar-refractivity contribution in [2.75, 3.05) is 13.2 Å². The van der Waals surface area contributed by atoms with Crippen LogP contribution < -0.4 is 5.32 Å². The lowest BCUT2D eigenvalue weighted by Crippen LogP contribution is -2.44. The van der Waals surface area contributed by atoms with Crippen molar-refractivity contribution in [2.45, 2.75) is 38.6 Å². The SMILES string of the molecule is CC#CC(=O)NC(C1CC1)C1CCCOC1. The maximum atomic E-state index is 11.5. The summed E-state index contributed by atoms with van der Waals surface area (Å²) in [6.07, 6.45) is 4.76. The van der Waals surface area contributed by atoms with Crippen LogP contribution in [0.3, 0.4) is 0 Å². The summed E-state index contributed by atoms with van der Waals surface area (Å²) in [5, 5.41) is 3.06. The van der Waals surface area contributed by atoms with E-state index < -0.39 is 0 Å².